The van der Waals surface area contributed by atoms with Crippen LogP contribution in [0.25, 0.3) is 0 Å². The number of alkyl halides is 3. The molecule has 0 saturated heterocycles. The maximum Gasteiger partial charge on any atom is 0.411 e. The van der Waals surface area contributed by atoms with Gasteiger partial charge in [-0.25, -0.2) is 14.4 Å². The molecule has 1 aliphatic heterocycles. The Morgan fingerprint density at radius 3 is 2.67 bits per heavy atom. The number of pyridine rings is 1. The first-order valence-electron chi connectivity index (χ1n) is 8.72. The number of aliphatic imine (C=N–C) groups is 1. The summed E-state index contributed by atoms with van der Waals surface area (Å²) in [5.41, 5.74) is 3.69. The maximum absolute atomic E-state index is 14.5. The molecule has 11 heteroatoms. The number of ether oxygens (including phenoxy) is 2. The number of hydrogen-bond acceptors (Lipinski definition) is 6. The van der Waals surface area contributed by atoms with Crippen LogP contribution in [-0.2, 0) is 10.3 Å². The average Bonchev–Trinajstić information content (AvgIpc) is 2.68. The molecule has 0 saturated carbocycles. The number of amides is 1. The fourth-order valence-electron chi connectivity index (χ4n) is 3.06. The number of benzene rings is 1. The molecule has 0 bridgehead atoms. The van der Waals surface area contributed by atoms with Gasteiger partial charge < -0.3 is 20.5 Å². The Labute approximate surface area is 168 Å². The van der Waals surface area contributed by atoms with E-state index in [1.54, 1.807) is 0 Å². The highest BCUT2D eigenvalue weighted by atomic mass is 19.4. The van der Waals surface area contributed by atoms with Gasteiger partial charge in [-0.3, -0.25) is 4.79 Å². The van der Waals surface area contributed by atoms with Crippen molar-refractivity contribution in [3.05, 3.63) is 53.6 Å². The summed E-state index contributed by atoms with van der Waals surface area (Å²) >= 11 is 0. The standard InChI is InChI=1S/C19H18F4N4O3/c1-18(8-15(19(21,22)23)27-17(24)30-18)12-7-10(3-5-13(12)20)26-16(28)14-6-4-11(29-2)9-25-14/h3-7,9,15H,8H2,1-2H3,(H2,24,27)(H,26,28)/t15-,18-/m0/s1. The van der Waals surface area contributed by atoms with Crippen molar-refractivity contribution in [3.63, 3.8) is 0 Å². The van der Waals surface area contributed by atoms with E-state index in [2.05, 4.69) is 15.3 Å². The Bertz CT molecular complexity index is 979. The van der Waals surface area contributed by atoms with Crippen LogP contribution in [-0.4, -0.2) is 36.2 Å². The molecule has 1 aromatic carbocycles. The molecule has 0 aliphatic carbocycles. The molecule has 160 valence electrons. The zero-order chi connectivity index (χ0) is 22.1. The van der Waals surface area contributed by atoms with Gasteiger partial charge in [0, 0.05) is 17.7 Å². The molecule has 30 heavy (non-hydrogen) atoms. The third kappa shape index (κ3) is 4.44. The smallest absolute Gasteiger partial charge is 0.411 e. The van der Waals surface area contributed by atoms with E-state index in [1.165, 1.54) is 44.5 Å². The molecule has 1 aliphatic rings. The molecule has 3 N–H and O–H groups in total. The van der Waals surface area contributed by atoms with Crippen LogP contribution in [0.2, 0.25) is 0 Å². The number of carbonyl (C=O) groups is 1. The van der Waals surface area contributed by atoms with Crippen LogP contribution in [0.4, 0.5) is 23.2 Å². The van der Waals surface area contributed by atoms with Crippen molar-refractivity contribution in [1.29, 1.82) is 0 Å². The van der Waals surface area contributed by atoms with Crippen LogP contribution in [0.1, 0.15) is 29.4 Å². The minimum Gasteiger partial charge on any atom is -0.495 e. The van der Waals surface area contributed by atoms with Gasteiger partial charge in [0.05, 0.1) is 13.3 Å². The van der Waals surface area contributed by atoms with Crippen LogP contribution in [0.3, 0.4) is 0 Å². The number of aromatic nitrogens is 1. The highest BCUT2D eigenvalue weighted by Crippen LogP contribution is 2.41. The predicted octanol–water partition coefficient (Wildman–Crippen LogP) is 3.36. The van der Waals surface area contributed by atoms with Gasteiger partial charge in [0.15, 0.2) is 6.04 Å². The Balaban J connectivity index is 1.87. The summed E-state index contributed by atoms with van der Waals surface area (Å²) in [7, 11) is 1.45. The number of rotatable bonds is 4. The van der Waals surface area contributed by atoms with Crippen molar-refractivity contribution in [2.24, 2.45) is 10.7 Å². The molecular weight excluding hydrogens is 408 g/mol. The van der Waals surface area contributed by atoms with Crippen LogP contribution in [0, 0.1) is 5.82 Å². The van der Waals surface area contributed by atoms with E-state index in [-0.39, 0.29) is 16.9 Å². The van der Waals surface area contributed by atoms with E-state index in [9.17, 15) is 22.4 Å². The number of carbonyl (C=O) groups excluding carboxylic acids is 1. The molecule has 0 unspecified atom stereocenters. The van der Waals surface area contributed by atoms with Crippen LogP contribution in [0.15, 0.2) is 41.5 Å². The van der Waals surface area contributed by atoms with E-state index < -0.39 is 42.0 Å². The van der Waals surface area contributed by atoms with Crippen molar-refractivity contribution in [2.75, 3.05) is 12.4 Å². The summed E-state index contributed by atoms with van der Waals surface area (Å²) < 4.78 is 64.3. The third-order valence-electron chi connectivity index (χ3n) is 4.57. The summed E-state index contributed by atoms with van der Waals surface area (Å²) in [5.74, 6) is -0.954. The summed E-state index contributed by atoms with van der Waals surface area (Å²) in [6.45, 7) is 1.28. The first-order chi connectivity index (χ1) is 14.0. The number of amidine groups is 1. The zero-order valence-corrected chi connectivity index (χ0v) is 16.0. The second kappa shape index (κ2) is 7.81. The van der Waals surface area contributed by atoms with Gasteiger partial charge in [0.2, 0.25) is 0 Å². The molecule has 1 amide bonds. The van der Waals surface area contributed by atoms with Gasteiger partial charge in [-0.2, -0.15) is 13.2 Å². The fourth-order valence-corrected chi connectivity index (χ4v) is 3.06. The van der Waals surface area contributed by atoms with Crippen molar-refractivity contribution in [3.8, 4) is 5.75 Å². The number of anilines is 1. The van der Waals surface area contributed by atoms with E-state index in [0.29, 0.717) is 5.75 Å². The van der Waals surface area contributed by atoms with Gasteiger partial charge in [-0.05, 0) is 37.3 Å². The summed E-state index contributed by atoms with van der Waals surface area (Å²) in [5, 5.41) is 2.52. The van der Waals surface area contributed by atoms with E-state index in [4.69, 9.17) is 15.2 Å². The lowest BCUT2D eigenvalue weighted by Gasteiger charge is -2.37. The van der Waals surface area contributed by atoms with Gasteiger partial charge >= 0.3 is 6.18 Å². The first kappa shape index (κ1) is 21.3. The van der Waals surface area contributed by atoms with Crippen molar-refractivity contribution < 1.29 is 31.8 Å². The molecule has 2 aromatic rings. The largest absolute Gasteiger partial charge is 0.495 e. The topological polar surface area (TPSA) is 98.8 Å². The third-order valence-corrected chi connectivity index (χ3v) is 4.57. The minimum atomic E-state index is -4.67. The Morgan fingerprint density at radius 2 is 2.07 bits per heavy atom. The molecule has 0 fully saturated rings. The Morgan fingerprint density at radius 1 is 1.33 bits per heavy atom. The van der Waals surface area contributed by atoms with Crippen LogP contribution in [0.5, 0.6) is 5.75 Å². The van der Waals surface area contributed by atoms with E-state index >= 15 is 0 Å². The maximum atomic E-state index is 14.5. The quantitative estimate of drug-likeness (QED) is 0.731. The first-order valence-corrected chi connectivity index (χ1v) is 8.72. The minimum absolute atomic E-state index is 0.0651. The highest BCUT2D eigenvalue weighted by Gasteiger charge is 2.49. The van der Waals surface area contributed by atoms with E-state index in [1.807, 2.05) is 0 Å². The van der Waals surface area contributed by atoms with Crippen LogP contribution >= 0.6 is 0 Å². The molecule has 0 radical (unpaired) electrons. The molecular formula is C19H18F4N4O3. The monoisotopic (exact) mass is 426 g/mol. The van der Waals surface area contributed by atoms with Crippen LogP contribution < -0.4 is 15.8 Å². The predicted molar refractivity (Wildman–Crippen MR) is 99.7 cm³/mol. The highest BCUT2D eigenvalue weighted by molar-refractivity contribution is 6.02. The second-order valence-electron chi connectivity index (χ2n) is 6.79. The number of methoxy groups -OCH3 is 1. The number of hydrogen-bond donors (Lipinski definition) is 2. The van der Waals surface area contributed by atoms with Crippen molar-refractivity contribution in [1.82, 2.24) is 4.98 Å². The summed E-state index contributed by atoms with van der Waals surface area (Å²) in [6, 6.07) is 3.61. The van der Waals surface area contributed by atoms with Crippen molar-refractivity contribution >= 4 is 17.6 Å². The second-order valence-corrected chi connectivity index (χ2v) is 6.79. The summed E-state index contributed by atoms with van der Waals surface area (Å²) in [4.78, 5) is 19.6. The Hall–Kier alpha value is -3.37. The lowest BCUT2D eigenvalue weighted by Crippen LogP contribution is -2.46. The van der Waals surface area contributed by atoms with Gasteiger partial charge in [0.25, 0.3) is 11.9 Å². The molecule has 2 atom stereocenters. The lowest BCUT2D eigenvalue weighted by molar-refractivity contribution is -0.164. The van der Waals surface area contributed by atoms with E-state index in [0.717, 1.165) is 6.07 Å². The van der Waals surface area contributed by atoms with Gasteiger partial charge in [0.1, 0.15) is 22.9 Å². The number of nitrogens with two attached hydrogens (primary N) is 1. The van der Waals surface area contributed by atoms with Gasteiger partial charge in [-0.15, -0.1) is 0 Å². The normalized spacial score (nSPS) is 21.4. The number of nitrogens with zero attached hydrogens (tertiary/aromatic N) is 2. The molecule has 1 aromatic heterocycles. The lowest BCUT2D eigenvalue weighted by atomic mass is 9.87. The summed E-state index contributed by atoms with van der Waals surface area (Å²) in [6.07, 6.45) is -4.00. The Kier molecular flexibility index (Phi) is 5.55. The van der Waals surface area contributed by atoms with Gasteiger partial charge in [-0.1, -0.05) is 0 Å². The zero-order valence-electron chi connectivity index (χ0n) is 16.0. The molecule has 7 nitrogen and oxygen atoms in total. The molecule has 2 heterocycles. The van der Waals surface area contributed by atoms with Crippen molar-refractivity contribution in [2.45, 2.75) is 31.2 Å². The molecule has 3 rings (SSSR count). The molecule has 0 spiro atoms. The number of halogens is 4. The average molecular weight is 426 g/mol. The SMILES string of the molecule is COc1ccc(C(=O)Nc2ccc(F)c([C@]3(C)C[C@@H](C(F)(F)F)N=C(N)O3)c2)nc1. The fraction of sp³-hybridized carbons (Fsp3) is 0.316. The number of nitrogens with one attached hydrogen (secondary N) is 1.